The minimum Gasteiger partial charge on any atom is -0.486 e. The van der Waals surface area contributed by atoms with Gasteiger partial charge in [0.2, 0.25) is 0 Å². The first kappa shape index (κ1) is 13.5. The molecule has 1 aromatic heterocycles. The number of carbonyl (C=O) groups excluding carboxylic acids is 1. The molecule has 2 heterocycles. The number of carbonyl (C=O) groups is 1. The van der Waals surface area contributed by atoms with Gasteiger partial charge in [0.15, 0.2) is 11.5 Å². The third-order valence-electron chi connectivity index (χ3n) is 3.40. The quantitative estimate of drug-likeness (QED) is 0.924. The minimum atomic E-state index is -0.207. The van der Waals surface area contributed by atoms with Crippen LogP contribution in [0.4, 0.5) is 0 Å². The second-order valence-electron chi connectivity index (χ2n) is 5.00. The van der Waals surface area contributed by atoms with Crippen LogP contribution in [0.15, 0.2) is 30.3 Å². The molecule has 0 fully saturated rings. The zero-order chi connectivity index (χ0) is 14.8. The van der Waals surface area contributed by atoms with Crippen LogP contribution in [0, 0.1) is 6.92 Å². The Morgan fingerprint density at radius 1 is 1.43 bits per heavy atom. The number of benzene rings is 1. The zero-order valence-corrected chi connectivity index (χ0v) is 12.0. The fourth-order valence-electron chi connectivity index (χ4n) is 2.13. The van der Waals surface area contributed by atoms with Crippen LogP contribution in [-0.4, -0.2) is 34.9 Å². The van der Waals surface area contributed by atoms with E-state index >= 15 is 0 Å². The average molecular weight is 287 g/mol. The summed E-state index contributed by atoms with van der Waals surface area (Å²) >= 11 is 0. The lowest BCUT2D eigenvalue weighted by molar-refractivity contribution is 0.0786. The van der Waals surface area contributed by atoms with Crippen LogP contribution in [0.1, 0.15) is 16.2 Å². The molecule has 0 radical (unpaired) electrons. The predicted octanol–water partition coefficient (Wildman–Crippen LogP) is 1.30. The van der Waals surface area contributed by atoms with Crippen LogP contribution in [0.2, 0.25) is 0 Å². The predicted molar refractivity (Wildman–Crippen MR) is 76.6 cm³/mol. The van der Waals surface area contributed by atoms with Gasteiger partial charge in [0, 0.05) is 12.7 Å². The van der Waals surface area contributed by atoms with Crippen LogP contribution in [-0.2, 0) is 7.05 Å². The van der Waals surface area contributed by atoms with Gasteiger partial charge < -0.3 is 14.8 Å². The Balaban J connectivity index is 1.58. The molecule has 1 N–H and O–H groups in total. The molecule has 0 bridgehead atoms. The highest BCUT2D eigenvalue weighted by atomic mass is 16.6. The Hall–Kier alpha value is -2.50. The third kappa shape index (κ3) is 2.84. The van der Waals surface area contributed by atoms with E-state index in [0.29, 0.717) is 24.6 Å². The molecule has 1 amide bonds. The van der Waals surface area contributed by atoms with Gasteiger partial charge >= 0.3 is 0 Å². The van der Waals surface area contributed by atoms with E-state index in [2.05, 4.69) is 10.4 Å². The maximum atomic E-state index is 12.0. The smallest absolute Gasteiger partial charge is 0.271 e. The Morgan fingerprint density at radius 2 is 2.19 bits per heavy atom. The summed E-state index contributed by atoms with van der Waals surface area (Å²) < 4.78 is 13.1. The van der Waals surface area contributed by atoms with Crippen LogP contribution in [0.25, 0.3) is 0 Å². The number of para-hydroxylation sites is 2. The van der Waals surface area contributed by atoms with E-state index in [-0.39, 0.29) is 12.0 Å². The molecule has 3 rings (SSSR count). The molecule has 1 aliphatic rings. The summed E-state index contributed by atoms with van der Waals surface area (Å²) in [7, 11) is 1.81. The van der Waals surface area contributed by atoms with Gasteiger partial charge in [-0.3, -0.25) is 9.48 Å². The average Bonchev–Trinajstić information content (AvgIpc) is 2.84. The summed E-state index contributed by atoms with van der Waals surface area (Å²) in [6, 6.07) is 9.25. The third-order valence-corrected chi connectivity index (χ3v) is 3.40. The molecular formula is C15H17N3O3. The molecule has 6 nitrogen and oxygen atoms in total. The summed E-state index contributed by atoms with van der Waals surface area (Å²) in [5, 5.41) is 6.96. The Bertz CT molecular complexity index is 646. The fraction of sp³-hybridized carbons (Fsp3) is 0.333. The lowest BCUT2D eigenvalue weighted by Gasteiger charge is -2.26. The Morgan fingerprint density at radius 3 is 2.90 bits per heavy atom. The normalized spacial score (nSPS) is 16.6. The first-order valence-electron chi connectivity index (χ1n) is 6.81. The van der Waals surface area contributed by atoms with Crippen LogP contribution >= 0.6 is 0 Å². The molecule has 0 spiro atoms. The number of aryl methyl sites for hydroxylation is 2. The van der Waals surface area contributed by atoms with Crippen molar-refractivity contribution < 1.29 is 14.3 Å². The SMILES string of the molecule is Cc1cc(C(=O)NCC2COc3ccccc3O2)nn1C. The summed E-state index contributed by atoms with van der Waals surface area (Å²) in [4.78, 5) is 12.0. The fourth-order valence-corrected chi connectivity index (χ4v) is 2.13. The van der Waals surface area contributed by atoms with Crippen molar-refractivity contribution in [3.8, 4) is 11.5 Å². The maximum absolute atomic E-state index is 12.0. The maximum Gasteiger partial charge on any atom is 0.271 e. The van der Waals surface area contributed by atoms with E-state index in [1.807, 2.05) is 31.2 Å². The molecule has 0 saturated carbocycles. The Labute approximate surface area is 122 Å². The number of amides is 1. The van der Waals surface area contributed by atoms with E-state index < -0.39 is 0 Å². The minimum absolute atomic E-state index is 0.200. The molecule has 0 saturated heterocycles. The molecule has 2 aromatic rings. The van der Waals surface area contributed by atoms with Crippen molar-refractivity contribution in [2.45, 2.75) is 13.0 Å². The second kappa shape index (κ2) is 5.47. The number of aromatic nitrogens is 2. The monoisotopic (exact) mass is 287 g/mol. The van der Waals surface area contributed by atoms with E-state index in [9.17, 15) is 4.79 Å². The van der Waals surface area contributed by atoms with Crippen LogP contribution < -0.4 is 14.8 Å². The summed E-state index contributed by atoms with van der Waals surface area (Å²) in [5.41, 5.74) is 1.35. The van der Waals surface area contributed by atoms with Crippen molar-refractivity contribution in [1.82, 2.24) is 15.1 Å². The van der Waals surface area contributed by atoms with E-state index in [1.165, 1.54) is 0 Å². The molecule has 1 aliphatic heterocycles. The molecular weight excluding hydrogens is 270 g/mol. The number of hydrogen-bond donors (Lipinski definition) is 1. The molecule has 21 heavy (non-hydrogen) atoms. The van der Waals surface area contributed by atoms with Crippen LogP contribution in [0.3, 0.4) is 0 Å². The Kier molecular flexibility index (Phi) is 3.51. The largest absolute Gasteiger partial charge is 0.486 e. The number of fused-ring (bicyclic) bond motifs is 1. The van der Waals surface area contributed by atoms with Crippen LogP contribution in [0.5, 0.6) is 11.5 Å². The van der Waals surface area contributed by atoms with Crippen molar-refractivity contribution in [2.24, 2.45) is 7.05 Å². The number of hydrogen-bond acceptors (Lipinski definition) is 4. The van der Waals surface area contributed by atoms with Gasteiger partial charge in [0.05, 0.1) is 6.54 Å². The van der Waals surface area contributed by atoms with Gasteiger partial charge in [-0.1, -0.05) is 12.1 Å². The van der Waals surface area contributed by atoms with E-state index in [0.717, 1.165) is 11.4 Å². The van der Waals surface area contributed by atoms with Crippen molar-refractivity contribution >= 4 is 5.91 Å². The van der Waals surface area contributed by atoms with Gasteiger partial charge in [-0.15, -0.1) is 0 Å². The van der Waals surface area contributed by atoms with Crippen molar-refractivity contribution in [3.63, 3.8) is 0 Å². The van der Waals surface area contributed by atoms with Gasteiger partial charge in [0.25, 0.3) is 5.91 Å². The first-order valence-corrected chi connectivity index (χ1v) is 6.81. The first-order chi connectivity index (χ1) is 10.1. The van der Waals surface area contributed by atoms with Crippen molar-refractivity contribution in [2.75, 3.05) is 13.2 Å². The lowest BCUT2D eigenvalue weighted by atomic mass is 10.2. The molecule has 110 valence electrons. The number of rotatable bonds is 3. The van der Waals surface area contributed by atoms with Gasteiger partial charge in [-0.25, -0.2) is 0 Å². The van der Waals surface area contributed by atoms with E-state index in [1.54, 1.807) is 17.8 Å². The highest BCUT2D eigenvalue weighted by Crippen LogP contribution is 2.30. The molecule has 6 heteroatoms. The summed E-state index contributed by atoms with van der Waals surface area (Å²) in [6.07, 6.45) is -0.200. The van der Waals surface area contributed by atoms with Crippen molar-refractivity contribution in [1.29, 1.82) is 0 Å². The van der Waals surface area contributed by atoms with Gasteiger partial charge in [-0.05, 0) is 25.1 Å². The highest BCUT2D eigenvalue weighted by Gasteiger charge is 2.21. The lowest BCUT2D eigenvalue weighted by Crippen LogP contribution is -2.40. The number of ether oxygens (including phenoxy) is 2. The topological polar surface area (TPSA) is 65.4 Å². The van der Waals surface area contributed by atoms with E-state index in [4.69, 9.17) is 9.47 Å². The molecule has 1 aromatic carbocycles. The molecule has 1 unspecified atom stereocenters. The summed E-state index contributed by atoms with van der Waals surface area (Å²) in [6.45, 7) is 2.69. The zero-order valence-electron chi connectivity index (χ0n) is 12.0. The highest BCUT2D eigenvalue weighted by molar-refractivity contribution is 5.92. The number of nitrogens with zero attached hydrogens (tertiary/aromatic N) is 2. The molecule has 0 aliphatic carbocycles. The standard InChI is InChI=1S/C15H17N3O3/c1-10-7-12(17-18(10)2)15(19)16-8-11-9-20-13-5-3-4-6-14(13)21-11/h3-7,11H,8-9H2,1-2H3,(H,16,19). The molecule has 1 atom stereocenters. The van der Waals surface area contributed by atoms with Gasteiger partial charge in [0.1, 0.15) is 18.4 Å². The van der Waals surface area contributed by atoms with Gasteiger partial charge in [-0.2, -0.15) is 5.10 Å². The van der Waals surface area contributed by atoms with Crippen molar-refractivity contribution in [3.05, 3.63) is 41.7 Å². The summed E-state index contributed by atoms with van der Waals surface area (Å²) in [5.74, 6) is 1.23. The second-order valence-corrected chi connectivity index (χ2v) is 5.00. The number of nitrogens with one attached hydrogen (secondary N) is 1.